The first-order valence-electron chi connectivity index (χ1n) is 6.40. The number of carbonyl (C=O) groups excluding carboxylic acids is 1. The van der Waals surface area contributed by atoms with Crippen LogP contribution in [0.2, 0.25) is 0 Å². The first-order valence-corrected chi connectivity index (χ1v) is 6.40. The van der Waals surface area contributed by atoms with Gasteiger partial charge in [0, 0.05) is 5.56 Å². The quantitative estimate of drug-likeness (QED) is 0.737. The van der Waals surface area contributed by atoms with Gasteiger partial charge in [-0.05, 0) is 22.4 Å². The molecule has 1 aliphatic heterocycles. The summed E-state index contributed by atoms with van der Waals surface area (Å²) in [6.45, 7) is 0. The largest absolute Gasteiger partial charge is 0.478 e. The van der Waals surface area contributed by atoms with Crippen LogP contribution in [0.3, 0.4) is 0 Å². The minimum atomic E-state index is -1.65. The number of rotatable bonds is 2. The van der Waals surface area contributed by atoms with Crippen LogP contribution < -0.4 is 5.43 Å². The van der Waals surface area contributed by atoms with Crippen molar-refractivity contribution in [3.05, 3.63) is 59.2 Å². The van der Waals surface area contributed by atoms with Crippen LogP contribution in [0.15, 0.2) is 42.5 Å². The van der Waals surface area contributed by atoms with Crippen molar-refractivity contribution >= 4 is 11.9 Å². The van der Waals surface area contributed by atoms with E-state index in [1.54, 1.807) is 24.3 Å². The average Bonchev–Trinajstić information content (AvgIpc) is 2.52. The molecule has 112 valence electrons. The number of aromatic carboxylic acids is 1. The summed E-state index contributed by atoms with van der Waals surface area (Å²) in [6, 6.07) is 10.7. The fourth-order valence-corrected chi connectivity index (χ4v) is 2.50. The Labute approximate surface area is 124 Å². The number of amides is 1. The molecule has 1 aliphatic rings. The molecule has 0 saturated carbocycles. The molecule has 3 rings (SSSR count). The number of hydrogen-bond donors (Lipinski definition) is 3. The van der Waals surface area contributed by atoms with Crippen LogP contribution in [0.25, 0.3) is 11.1 Å². The van der Waals surface area contributed by atoms with Crippen LogP contribution in [0, 0.1) is 0 Å². The molecule has 1 unspecified atom stereocenters. The van der Waals surface area contributed by atoms with Crippen molar-refractivity contribution in [3.8, 4) is 11.1 Å². The van der Waals surface area contributed by atoms with Crippen LogP contribution in [0.4, 0.5) is 4.48 Å². The molecule has 0 saturated heterocycles. The Morgan fingerprint density at radius 2 is 1.82 bits per heavy atom. The van der Waals surface area contributed by atoms with E-state index >= 15 is 0 Å². The van der Waals surface area contributed by atoms with Gasteiger partial charge in [-0.25, -0.2) is 4.79 Å². The zero-order valence-corrected chi connectivity index (χ0v) is 11.2. The van der Waals surface area contributed by atoms with Gasteiger partial charge in [0.2, 0.25) is 0 Å². The molecule has 6 nitrogen and oxygen atoms in total. The number of carbonyl (C=O) groups is 2. The topological polar surface area (TPSA) is 89.9 Å². The van der Waals surface area contributed by atoms with Gasteiger partial charge in [0.15, 0.2) is 6.23 Å². The van der Waals surface area contributed by atoms with Crippen LogP contribution in [0.5, 0.6) is 0 Å². The van der Waals surface area contributed by atoms with Gasteiger partial charge >= 0.3 is 5.97 Å². The van der Waals surface area contributed by atoms with Gasteiger partial charge in [-0.2, -0.15) is 0 Å². The molecule has 0 radical (unpaired) electrons. The zero-order valence-electron chi connectivity index (χ0n) is 11.2. The Kier molecular flexibility index (Phi) is 3.36. The second-order valence-electron chi connectivity index (χ2n) is 4.75. The predicted molar refractivity (Wildman–Crippen MR) is 74.2 cm³/mol. The summed E-state index contributed by atoms with van der Waals surface area (Å²) in [5.74, 6) is -1.89. The maximum atomic E-state index is 13.4. The molecule has 0 aromatic heterocycles. The van der Waals surface area contributed by atoms with Crippen molar-refractivity contribution in [2.45, 2.75) is 6.23 Å². The molecule has 0 aliphatic carbocycles. The second-order valence-corrected chi connectivity index (χ2v) is 4.75. The monoisotopic (exact) mass is 302 g/mol. The van der Waals surface area contributed by atoms with E-state index in [4.69, 9.17) is 0 Å². The number of hydrogen-bond acceptors (Lipinski definition) is 4. The van der Waals surface area contributed by atoms with Crippen LogP contribution in [-0.4, -0.2) is 27.3 Å². The van der Waals surface area contributed by atoms with Gasteiger partial charge < -0.3 is 10.2 Å². The first-order chi connectivity index (χ1) is 10.5. The average molecular weight is 302 g/mol. The van der Waals surface area contributed by atoms with Crippen molar-refractivity contribution in [3.63, 3.8) is 0 Å². The highest BCUT2D eigenvalue weighted by atomic mass is 19.2. The van der Waals surface area contributed by atoms with E-state index in [2.05, 4.69) is 0 Å². The highest BCUT2D eigenvalue weighted by Crippen LogP contribution is 2.34. The summed E-state index contributed by atoms with van der Waals surface area (Å²) >= 11 is 0. The van der Waals surface area contributed by atoms with E-state index in [1.165, 1.54) is 18.2 Å². The third kappa shape index (κ3) is 2.12. The molecule has 0 bridgehead atoms. The molecule has 1 heterocycles. The maximum absolute atomic E-state index is 13.4. The lowest BCUT2D eigenvalue weighted by molar-refractivity contribution is -0.158. The Bertz CT molecular complexity index is 778. The molecule has 0 spiro atoms. The Balaban J connectivity index is 2.27. The third-order valence-electron chi connectivity index (χ3n) is 3.47. The van der Waals surface area contributed by atoms with Crippen LogP contribution in [0.1, 0.15) is 32.5 Å². The highest BCUT2D eigenvalue weighted by Gasteiger charge is 2.33. The normalized spacial score (nSPS) is 17.7. The molecular formula is C15H11FN2O4. The second kappa shape index (κ2) is 5.21. The maximum Gasteiger partial charge on any atom is 0.336 e. The van der Waals surface area contributed by atoms with Gasteiger partial charge in [-0.15, -0.1) is 4.48 Å². The van der Waals surface area contributed by atoms with Crippen molar-refractivity contribution < 1.29 is 24.3 Å². The van der Waals surface area contributed by atoms with Gasteiger partial charge in [0.05, 0.1) is 11.1 Å². The van der Waals surface area contributed by atoms with E-state index < -0.39 is 18.1 Å². The summed E-state index contributed by atoms with van der Waals surface area (Å²) in [6.07, 6.45) is -1.65. The van der Waals surface area contributed by atoms with E-state index in [1.807, 2.05) is 5.43 Å². The molecule has 2 aromatic carbocycles. The van der Waals surface area contributed by atoms with Crippen molar-refractivity contribution in [1.29, 1.82) is 0 Å². The van der Waals surface area contributed by atoms with Gasteiger partial charge in [-0.1, -0.05) is 36.4 Å². The predicted octanol–water partition coefficient (Wildman–Crippen LogP) is 1.89. The van der Waals surface area contributed by atoms with Crippen molar-refractivity contribution in [2.24, 2.45) is 0 Å². The minimum absolute atomic E-state index is 0.0147. The van der Waals surface area contributed by atoms with Crippen LogP contribution >= 0.6 is 0 Å². The number of hydrazine groups is 1. The standard InChI is InChI=1S/C15H11FN2O4/c16-18-14(20)11-7-3-6-9(12(11)13(19)17-18)8-4-1-2-5-10(8)15(21)22/h1-7,14,20H,(H,17,19)(H,21,22). The van der Waals surface area contributed by atoms with E-state index in [9.17, 15) is 24.3 Å². The molecule has 22 heavy (non-hydrogen) atoms. The Morgan fingerprint density at radius 3 is 2.55 bits per heavy atom. The molecule has 1 amide bonds. The fraction of sp³-hybridized carbons (Fsp3) is 0.0667. The third-order valence-corrected chi connectivity index (χ3v) is 3.47. The van der Waals surface area contributed by atoms with Gasteiger partial charge in [0.25, 0.3) is 5.91 Å². The lowest BCUT2D eigenvalue weighted by Crippen LogP contribution is -2.44. The van der Waals surface area contributed by atoms with E-state index in [-0.39, 0.29) is 21.9 Å². The number of carboxylic acid groups (broad SMARTS) is 1. The Hall–Kier alpha value is -2.77. The summed E-state index contributed by atoms with van der Waals surface area (Å²) in [7, 11) is 0. The number of nitrogens with zero attached hydrogens (tertiary/aromatic N) is 1. The first kappa shape index (κ1) is 14.2. The van der Waals surface area contributed by atoms with E-state index in [0.717, 1.165) is 0 Å². The number of benzene rings is 2. The highest BCUT2D eigenvalue weighted by molar-refractivity contribution is 6.06. The molecule has 2 aromatic rings. The minimum Gasteiger partial charge on any atom is -0.478 e. The molecule has 0 fully saturated rings. The number of aliphatic hydroxyl groups is 1. The Morgan fingerprint density at radius 1 is 1.14 bits per heavy atom. The van der Waals surface area contributed by atoms with Crippen LogP contribution in [-0.2, 0) is 0 Å². The van der Waals surface area contributed by atoms with Crippen molar-refractivity contribution in [1.82, 2.24) is 10.7 Å². The number of nitrogens with one attached hydrogen (secondary N) is 1. The van der Waals surface area contributed by atoms with Crippen molar-refractivity contribution in [2.75, 3.05) is 0 Å². The molecular weight excluding hydrogens is 291 g/mol. The molecule has 3 N–H and O–H groups in total. The summed E-state index contributed by atoms with van der Waals surface area (Å²) in [5.41, 5.74) is 2.66. The summed E-state index contributed by atoms with van der Waals surface area (Å²) in [4.78, 5) is 23.4. The lowest BCUT2D eigenvalue weighted by Gasteiger charge is -2.28. The molecule has 1 atom stereocenters. The molecule has 7 heteroatoms. The number of carboxylic acids is 1. The number of aliphatic hydroxyl groups excluding tert-OH is 1. The summed E-state index contributed by atoms with van der Waals surface area (Å²) < 4.78 is 13.4. The van der Waals surface area contributed by atoms with E-state index in [0.29, 0.717) is 11.1 Å². The number of fused-ring (bicyclic) bond motifs is 1. The van der Waals surface area contributed by atoms with Gasteiger partial charge in [-0.3, -0.25) is 10.2 Å². The number of halogens is 1. The fourth-order valence-electron chi connectivity index (χ4n) is 2.50. The lowest BCUT2D eigenvalue weighted by atomic mass is 9.90. The summed E-state index contributed by atoms with van der Waals surface area (Å²) in [5, 5.41) is 18.9. The zero-order chi connectivity index (χ0) is 15.9. The van der Waals surface area contributed by atoms with Gasteiger partial charge in [0.1, 0.15) is 0 Å². The SMILES string of the molecule is O=C(O)c1ccccc1-c1cccc2c1C(=O)NN(F)C2O. The smallest absolute Gasteiger partial charge is 0.336 e.